The van der Waals surface area contributed by atoms with Gasteiger partial charge in [-0.05, 0) is 19.4 Å². The van der Waals surface area contributed by atoms with E-state index in [1.165, 1.54) is 0 Å². The third kappa shape index (κ3) is 5.96. The van der Waals surface area contributed by atoms with Crippen molar-refractivity contribution in [1.82, 2.24) is 10.6 Å². The first-order chi connectivity index (χ1) is 6.47. The lowest BCUT2D eigenvalue weighted by molar-refractivity contribution is -0.120. The SMILES string of the molecule is CNCC(=O)NC(CC(C)C)B(O)O. The fourth-order valence-electron chi connectivity index (χ4n) is 1.18. The first-order valence-electron chi connectivity index (χ1n) is 4.77. The summed E-state index contributed by atoms with van der Waals surface area (Å²) >= 11 is 0. The van der Waals surface area contributed by atoms with Gasteiger partial charge in [0.25, 0.3) is 0 Å². The molecule has 0 aliphatic heterocycles. The Morgan fingerprint density at radius 2 is 2.00 bits per heavy atom. The van der Waals surface area contributed by atoms with Crippen molar-refractivity contribution < 1.29 is 14.8 Å². The maximum absolute atomic E-state index is 11.1. The summed E-state index contributed by atoms with van der Waals surface area (Å²) in [5.74, 6) is -0.515. The van der Waals surface area contributed by atoms with E-state index in [1.54, 1.807) is 7.05 Å². The maximum Gasteiger partial charge on any atom is 0.475 e. The molecule has 14 heavy (non-hydrogen) atoms. The monoisotopic (exact) mass is 202 g/mol. The fraction of sp³-hybridized carbons (Fsp3) is 0.875. The molecule has 0 heterocycles. The topological polar surface area (TPSA) is 81.6 Å². The minimum atomic E-state index is -1.50. The number of carbonyl (C=O) groups excluding carboxylic acids is 1. The number of rotatable bonds is 6. The normalized spacial score (nSPS) is 12.7. The van der Waals surface area contributed by atoms with Gasteiger partial charge in [-0.25, -0.2) is 0 Å². The molecule has 0 fully saturated rings. The Hall–Kier alpha value is -0.585. The molecule has 0 bridgehead atoms. The minimum Gasteiger partial charge on any atom is -0.426 e. The first kappa shape index (κ1) is 13.4. The maximum atomic E-state index is 11.1. The van der Waals surface area contributed by atoms with Crippen LogP contribution in [0.2, 0.25) is 0 Å². The number of amides is 1. The van der Waals surface area contributed by atoms with Crippen LogP contribution in [-0.4, -0.2) is 42.6 Å². The third-order valence-corrected chi connectivity index (χ3v) is 1.77. The zero-order valence-corrected chi connectivity index (χ0v) is 8.95. The molecule has 0 rings (SSSR count). The summed E-state index contributed by atoms with van der Waals surface area (Å²) in [6.45, 7) is 4.10. The molecule has 0 aromatic heterocycles. The molecule has 6 heteroatoms. The molecule has 0 saturated heterocycles. The van der Waals surface area contributed by atoms with Crippen LogP contribution in [0.4, 0.5) is 0 Å². The number of likely N-dealkylation sites (N-methyl/N-ethyl adjacent to an activating group) is 1. The average molecular weight is 202 g/mol. The van der Waals surface area contributed by atoms with Crippen LogP contribution in [0.15, 0.2) is 0 Å². The van der Waals surface area contributed by atoms with Gasteiger partial charge in [-0.2, -0.15) is 0 Å². The molecule has 0 aliphatic rings. The number of hydrogen-bond acceptors (Lipinski definition) is 4. The van der Waals surface area contributed by atoms with Crippen molar-refractivity contribution in [3.63, 3.8) is 0 Å². The van der Waals surface area contributed by atoms with E-state index in [0.717, 1.165) is 0 Å². The van der Waals surface area contributed by atoms with Crippen LogP contribution >= 0.6 is 0 Å². The van der Waals surface area contributed by atoms with Crippen LogP contribution in [0, 0.1) is 5.92 Å². The highest BCUT2D eigenvalue weighted by molar-refractivity contribution is 6.43. The van der Waals surface area contributed by atoms with Crippen molar-refractivity contribution in [2.45, 2.75) is 26.2 Å². The molecule has 0 radical (unpaired) electrons. The first-order valence-corrected chi connectivity index (χ1v) is 4.77. The Labute approximate surface area is 85.0 Å². The predicted octanol–water partition coefficient (Wildman–Crippen LogP) is -1.25. The van der Waals surface area contributed by atoms with Crippen LogP contribution in [0.25, 0.3) is 0 Å². The van der Waals surface area contributed by atoms with E-state index in [1.807, 2.05) is 13.8 Å². The van der Waals surface area contributed by atoms with Gasteiger partial charge in [0.15, 0.2) is 0 Å². The quantitative estimate of drug-likeness (QED) is 0.405. The van der Waals surface area contributed by atoms with Gasteiger partial charge in [0.05, 0.1) is 12.5 Å². The van der Waals surface area contributed by atoms with Crippen LogP contribution < -0.4 is 10.6 Å². The van der Waals surface area contributed by atoms with E-state index in [9.17, 15) is 4.79 Å². The minimum absolute atomic E-state index is 0.182. The van der Waals surface area contributed by atoms with Crippen molar-refractivity contribution >= 4 is 13.0 Å². The van der Waals surface area contributed by atoms with Crippen LogP contribution in [0.3, 0.4) is 0 Å². The standard InChI is InChI=1S/C8H19BN2O3/c1-6(2)4-7(9(13)14)11-8(12)5-10-3/h6-7,10,13-14H,4-5H2,1-3H3,(H,11,12). The zero-order chi connectivity index (χ0) is 11.1. The third-order valence-electron chi connectivity index (χ3n) is 1.77. The molecule has 0 aromatic rings. The second-order valence-electron chi connectivity index (χ2n) is 3.75. The van der Waals surface area contributed by atoms with E-state index in [4.69, 9.17) is 10.0 Å². The predicted molar refractivity (Wildman–Crippen MR) is 55.5 cm³/mol. The highest BCUT2D eigenvalue weighted by Gasteiger charge is 2.25. The van der Waals surface area contributed by atoms with E-state index in [0.29, 0.717) is 12.3 Å². The molecule has 1 amide bonds. The highest BCUT2D eigenvalue weighted by Crippen LogP contribution is 2.05. The van der Waals surface area contributed by atoms with Crippen molar-refractivity contribution in [2.24, 2.45) is 5.92 Å². The van der Waals surface area contributed by atoms with Gasteiger partial charge in [0.2, 0.25) is 5.91 Å². The Bertz CT molecular complexity index is 176. The van der Waals surface area contributed by atoms with Gasteiger partial charge in [-0.3, -0.25) is 4.79 Å². The zero-order valence-electron chi connectivity index (χ0n) is 8.95. The van der Waals surface area contributed by atoms with Gasteiger partial charge >= 0.3 is 7.12 Å². The average Bonchev–Trinajstić information content (AvgIpc) is 2.02. The summed E-state index contributed by atoms with van der Waals surface area (Å²) in [5, 5.41) is 23.2. The van der Waals surface area contributed by atoms with Crippen LogP contribution in [0.1, 0.15) is 20.3 Å². The molecule has 5 nitrogen and oxygen atoms in total. The Morgan fingerprint density at radius 3 is 2.36 bits per heavy atom. The van der Waals surface area contributed by atoms with Crippen molar-refractivity contribution in [3.05, 3.63) is 0 Å². The van der Waals surface area contributed by atoms with E-state index in [2.05, 4.69) is 10.6 Å². The number of carbonyl (C=O) groups is 1. The summed E-state index contributed by atoms with van der Waals surface area (Å²) < 4.78 is 0. The largest absolute Gasteiger partial charge is 0.475 e. The molecule has 4 N–H and O–H groups in total. The van der Waals surface area contributed by atoms with E-state index in [-0.39, 0.29) is 12.5 Å². The summed E-state index contributed by atoms with van der Waals surface area (Å²) in [5.41, 5.74) is 0. The lowest BCUT2D eigenvalue weighted by Gasteiger charge is -2.19. The number of hydrogen-bond donors (Lipinski definition) is 4. The molecule has 82 valence electrons. The number of nitrogens with one attached hydrogen (secondary N) is 2. The van der Waals surface area contributed by atoms with Crippen LogP contribution in [0.5, 0.6) is 0 Å². The molecule has 0 saturated carbocycles. The smallest absolute Gasteiger partial charge is 0.426 e. The molecule has 0 aromatic carbocycles. The summed E-state index contributed by atoms with van der Waals surface area (Å²) in [6, 6.07) is 0. The van der Waals surface area contributed by atoms with Gasteiger partial charge < -0.3 is 20.7 Å². The lowest BCUT2D eigenvalue weighted by atomic mass is 9.75. The lowest BCUT2D eigenvalue weighted by Crippen LogP contribution is -2.49. The van der Waals surface area contributed by atoms with Gasteiger partial charge in [0.1, 0.15) is 0 Å². The Morgan fingerprint density at radius 1 is 1.43 bits per heavy atom. The highest BCUT2D eigenvalue weighted by atomic mass is 16.4. The van der Waals surface area contributed by atoms with Crippen LogP contribution in [-0.2, 0) is 4.79 Å². The molecule has 1 unspecified atom stereocenters. The fourth-order valence-corrected chi connectivity index (χ4v) is 1.18. The van der Waals surface area contributed by atoms with E-state index >= 15 is 0 Å². The summed E-state index contributed by atoms with van der Waals surface area (Å²) in [6.07, 6.45) is 0.549. The van der Waals surface area contributed by atoms with Crippen molar-refractivity contribution in [1.29, 1.82) is 0 Å². The van der Waals surface area contributed by atoms with E-state index < -0.39 is 13.1 Å². The van der Waals surface area contributed by atoms with Crippen molar-refractivity contribution in [2.75, 3.05) is 13.6 Å². The molecular formula is C8H19BN2O3. The van der Waals surface area contributed by atoms with Gasteiger partial charge in [0, 0.05) is 0 Å². The second kappa shape index (κ2) is 6.81. The van der Waals surface area contributed by atoms with Gasteiger partial charge in [-0.15, -0.1) is 0 Å². The Kier molecular flexibility index (Phi) is 6.52. The molecule has 0 aliphatic carbocycles. The summed E-state index contributed by atoms with van der Waals surface area (Å²) in [4.78, 5) is 11.1. The summed E-state index contributed by atoms with van der Waals surface area (Å²) in [7, 11) is 0.157. The molecular weight excluding hydrogens is 183 g/mol. The van der Waals surface area contributed by atoms with Crippen molar-refractivity contribution in [3.8, 4) is 0 Å². The Balaban J connectivity index is 4.02. The molecule has 0 spiro atoms. The second-order valence-corrected chi connectivity index (χ2v) is 3.75. The molecule has 1 atom stereocenters. The van der Waals surface area contributed by atoms with Gasteiger partial charge in [-0.1, -0.05) is 13.8 Å².